The number of carbonyl (C=O) groups is 1. The third kappa shape index (κ3) is 3.25. The number of amides is 1. The number of carbonyl (C=O) groups excluding carboxylic acids is 1. The average molecular weight is 394 g/mol. The van der Waals surface area contributed by atoms with Gasteiger partial charge in [0, 0.05) is 13.1 Å². The molecule has 0 saturated carbocycles. The van der Waals surface area contributed by atoms with Crippen molar-refractivity contribution in [3.63, 3.8) is 0 Å². The zero-order chi connectivity index (χ0) is 20.5. The summed E-state index contributed by atoms with van der Waals surface area (Å²) < 4.78 is 15.7. The number of nitrogens with one attached hydrogen (secondary N) is 2. The predicted octanol–water partition coefficient (Wildman–Crippen LogP) is 1.30. The van der Waals surface area contributed by atoms with Gasteiger partial charge in [-0.2, -0.15) is 19.4 Å². The van der Waals surface area contributed by atoms with Gasteiger partial charge in [0.15, 0.2) is 5.65 Å². The molecule has 0 atom stereocenters. The van der Waals surface area contributed by atoms with Crippen LogP contribution in [0, 0.1) is 5.82 Å². The van der Waals surface area contributed by atoms with E-state index in [0.717, 1.165) is 4.68 Å². The van der Waals surface area contributed by atoms with Crippen LogP contribution in [0.2, 0.25) is 0 Å². The number of halogens is 1. The van der Waals surface area contributed by atoms with Crippen molar-refractivity contribution in [3.8, 4) is 5.69 Å². The first-order chi connectivity index (χ1) is 14.0. The van der Waals surface area contributed by atoms with Crippen molar-refractivity contribution in [1.82, 2.24) is 24.4 Å². The molecule has 0 spiro atoms. The molecule has 4 rings (SSSR count). The minimum atomic E-state index is -0.672. The Morgan fingerprint density at radius 3 is 2.62 bits per heavy atom. The minimum absolute atomic E-state index is 0.142. The van der Waals surface area contributed by atoms with E-state index in [-0.39, 0.29) is 16.9 Å². The lowest BCUT2D eigenvalue weighted by Crippen LogP contribution is -2.23. The summed E-state index contributed by atoms with van der Waals surface area (Å²) in [7, 11) is 1.68. The van der Waals surface area contributed by atoms with Crippen molar-refractivity contribution in [3.05, 3.63) is 70.5 Å². The van der Waals surface area contributed by atoms with Gasteiger partial charge in [-0.3, -0.25) is 9.59 Å². The number of nitrogens with two attached hydrogens (primary N) is 1. The molecule has 3 heterocycles. The number of fused-ring (bicyclic) bond motifs is 1. The fourth-order valence-corrected chi connectivity index (χ4v) is 2.79. The Labute approximate surface area is 162 Å². The van der Waals surface area contributed by atoms with Crippen LogP contribution in [0.4, 0.5) is 21.7 Å². The number of hydrogen-bond acceptors (Lipinski definition) is 7. The van der Waals surface area contributed by atoms with Crippen LogP contribution in [0.25, 0.3) is 11.3 Å². The number of hydrogen-bond donors (Lipinski definition) is 3. The Morgan fingerprint density at radius 1 is 1.17 bits per heavy atom. The molecule has 0 fully saturated rings. The summed E-state index contributed by atoms with van der Waals surface area (Å²) in [6.45, 7) is 0. The fourth-order valence-electron chi connectivity index (χ4n) is 2.79. The van der Waals surface area contributed by atoms with Gasteiger partial charge in [0.25, 0.3) is 11.5 Å². The van der Waals surface area contributed by atoms with Crippen LogP contribution in [0.5, 0.6) is 0 Å². The molecule has 10 nitrogen and oxygen atoms in total. The van der Waals surface area contributed by atoms with Gasteiger partial charge in [-0.05, 0) is 30.3 Å². The van der Waals surface area contributed by atoms with Crippen molar-refractivity contribution >= 4 is 28.9 Å². The highest BCUT2D eigenvalue weighted by molar-refractivity contribution is 5.98. The first-order valence-corrected chi connectivity index (χ1v) is 8.45. The zero-order valence-corrected chi connectivity index (χ0v) is 15.1. The molecule has 11 heteroatoms. The molecule has 146 valence electrons. The molecule has 29 heavy (non-hydrogen) atoms. The summed E-state index contributed by atoms with van der Waals surface area (Å²) in [6, 6.07) is 8.47. The molecule has 0 aliphatic heterocycles. The lowest BCUT2D eigenvalue weighted by molar-refractivity contribution is 0.100. The minimum Gasteiger partial charge on any atom is -0.373 e. The van der Waals surface area contributed by atoms with Crippen LogP contribution in [0.3, 0.4) is 0 Å². The number of anilines is 3. The van der Waals surface area contributed by atoms with Crippen LogP contribution < -0.4 is 21.9 Å². The van der Waals surface area contributed by atoms with E-state index in [4.69, 9.17) is 5.73 Å². The normalized spacial score (nSPS) is 10.8. The molecule has 0 unspecified atom stereocenters. The van der Waals surface area contributed by atoms with Crippen molar-refractivity contribution in [2.24, 2.45) is 5.73 Å². The van der Waals surface area contributed by atoms with E-state index >= 15 is 0 Å². The second kappa shape index (κ2) is 7.03. The summed E-state index contributed by atoms with van der Waals surface area (Å²) in [5.41, 5.74) is 5.88. The first kappa shape index (κ1) is 18.1. The van der Waals surface area contributed by atoms with Gasteiger partial charge in [0.1, 0.15) is 28.7 Å². The Balaban J connectivity index is 1.78. The number of nitrogens with zero attached hydrogens (tertiary/aromatic N) is 5. The summed E-state index contributed by atoms with van der Waals surface area (Å²) in [5.74, 6) is -0.273. The highest BCUT2D eigenvalue weighted by Crippen LogP contribution is 2.20. The highest BCUT2D eigenvalue weighted by Gasteiger charge is 2.15. The quantitative estimate of drug-likeness (QED) is 0.465. The van der Waals surface area contributed by atoms with Gasteiger partial charge >= 0.3 is 0 Å². The number of aromatic nitrogens is 5. The van der Waals surface area contributed by atoms with E-state index in [2.05, 4.69) is 25.8 Å². The molecule has 1 aromatic carbocycles. The van der Waals surface area contributed by atoms with E-state index in [1.807, 2.05) is 0 Å². The van der Waals surface area contributed by atoms with E-state index in [1.165, 1.54) is 47.2 Å². The second-order valence-corrected chi connectivity index (χ2v) is 6.00. The maximum atomic E-state index is 13.2. The highest BCUT2D eigenvalue weighted by atomic mass is 19.1. The Kier molecular flexibility index (Phi) is 4.39. The molecule has 1 amide bonds. The van der Waals surface area contributed by atoms with Gasteiger partial charge in [-0.15, -0.1) is 0 Å². The van der Waals surface area contributed by atoms with Crippen molar-refractivity contribution in [1.29, 1.82) is 0 Å². The Bertz CT molecular complexity index is 1280. The maximum absolute atomic E-state index is 13.2. The molecular formula is C18H15FN8O2. The molecule has 0 bridgehead atoms. The lowest BCUT2D eigenvalue weighted by Gasteiger charge is -2.11. The molecular weight excluding hydrogens is 379 g/mol. The van der Waals surface area contributed by atoms with Crippen LogP contribution in [0.15, 0.2) is 53.6 Å². The average Bonchev–Trinajstić information content (AvgIpc) is 3.14. The van der Waals surface area contributed by atoms with Crippen LogP contribution in [0.1, 0.15) is 10.4 Å². The third-order valence-electron chi connectivity index (χ3n) is 4.17. The smallest absolute Gasteiger partial charge is 0.295 e. The van der Waals surface area contributed by atoms with Gasteiger partial charge in [-0.1, -0.05) is 0 Å². The summed E-state index contributed by atoms with van der Waals surface area (Å²) >= 11 is 0. The van der Waals surface area contributed by atoms with Crippen molar-refractivity contribution < 1.29 is 9.18 Å². The molecule has 0 aliphatic rings. The van der Waals surface area contributed by atoms with E-state index < -0.39 is 17.3 Å². The topological polar surface area (TPSA) is 132 Å². The molecule has 0 aliphatic carbocycles. The van der Waals surface area contributed by atoms with E-state index in [9.17, 15) is 14.0 Å². The zero-order valence-electron chi connectivity index (χ0n) is 15.1. The summed E-state index contributed by atoms with van der Waals surface area (Å²) in [6.07, 6.45) is 2.75. The van der Waals surface area contributed by atoms with E-state index in [0.29, 0.717) is 17.3 Å². The Morgan fingerprint density at radius 2 is 1.93 bits per heavy atom. The number of rotatable bonds is 5. The van der Waals surface area contributed by atoms with Gasteiger partial charge in [0.05, 0.1) is 18.1 Å². The molecule has 0 radical (unpaired) electrons. The van der Waals surface area contributed by atoms with Crippen LogP contribution in [-0.2, 0) is 0 Å². The molecule has 3 aromatic heterocycles. The SMILES string of the molecule is CNc1cc(Nc2ccnn(-c3ccc(F)cc3)c2=O)nc2c(C(N)=O)cnn12. The van der Waals surface area contributed by atoms with Crippen LogP contribution in [-0.4, -0.2) is 37.3 Å². The van der Waals surface area contributed by atoms with Gasteiger partial charge in [-0.25, -0.2) is 9.37 Å². The predicted molar refractivity (Wildman–Crippen MR) is 104 cm³/mol. The van der Waals surface area contributed by atoms with Crippen molar-refractivity contribution in [2.75, 3.05) is 17.7 Å². The molecule has 0 saturated heterocycles. The second-order valence-electron chi connectivity index (χ2n) is 6.00. The van der Waals surface area contributed by atoms with Crippen molar-refractivity contribution in [2.45, 2.75) is 0 Å². The third-order valence-corrected chi connectivity index (χ3v) is 4.17. The standard InChI is InChI=1S/C18H15FN8O2/c1-21-15-8-14(25-17-12(16(20)28)9-23-27(15)17)24-13-6-7-22-26(18(13)29)11-4-2-10(19)3-5-11/h2-9,21H,1H3,(H2,20,28)(H,24,25). The van der Waals surface area contributed by atoms with Gasteiger partial charge < -0.3 is 16.4 Å². The molecule has 4 aromatic rings. The fraction of sp³-hybridized carbons (Fsp3) is 0.0556. The lowest BCUT2D eigenvalue weighted by atomic mass is 10.3. The van der Waals surface area contributed by atoms with Crippen LogP contribution >= 0.6 is 0 Å². The first-order valence-electron chi connectivity index (χ1n) is 8.45. The molecule has 4 N–H and O–H groups in total. The maximum Gasteiger partial charge on any atom is 0.295 e. The Hall–Kier alpha value is -4.28. The number of primary amides is 1. The summed E-state index contributed by atoms with van der Waals surface area (Å²) in [4.78, 5) is 28.8. The number of benzene rings is 1. The monoisotopic (exact) mass is 394 g/mol. The largest absolute Gasteiger partial charge is 0.373 e. The van der Waals surface area contributed by atoms with E-state index in [1.54, 1.807) is 13.1 Å². The summed E-state index contributed by atoms with van der Waals surface area (Å²) in [5, 5.41) is 14.0. The van der Waals surface area contributed by atoms with Gasteiger partial charge in [0.2, 0.25) is 0 Å².